The molecule has 2 aromatic rings. The summed E-state index contributed by atoms with van der Waals surface area (Å²) in [5, 5.41) is 5.12. The van der Waals surface area contributed by atoms with Crippen LogP contribution in [0.15, 0.2) is 54.6 Å². The summed E-state index contributed by atoms with van der Waals surface area (Å²) in [6.45, 7) is 2.13. The second-order valence-electron chi connectivity index (χ2n) is 7.72. The summed E-state index contributed by atoms with van der Waals surface area (Å²) in [5.41, 5.74) is 7.69. The third-order valence-corrected chi connectivity index (χ3v) is 4.99. The van der Waals surface area contributed by atoms with Gasteiger partial charge < -0.3 is 21.1 Å². The number of rotatable bonds is 14. The van der Waals surface area contributed by atoms with Gasteiger partial charge in [-0.25, -0.2) is 0 Å². The average molecular weight is 440 g/mol. The van der Waals surface area contributed by atoms with Crippen LogP contribution >= 0.6 is 0 Å². The van der Waals surface area contributed by atoms with Crippen molar-refractivity contribution in [2.24, 2.45) is 5.73 Å². The quantitative estimate of drug-likeness (QED) is 0.393. The Morgan fingerprint density at radius 3 is 2.31 bits per heavy atom. The maximum atomic E-state index is 12.7. The van der Waals surface area contributed by atoms with Gasteiger partial charge in [0, 0.05) is 5.56 Å². The van der Waals surface area contributed by atoms with Crippen molar-refractivity contribution in [3.8, 4) is 0 Å². The van der Waals surface area contributed by atoms with E-state index in [-0.39, 0.29) is 19.1 Å². The Bertz CT molecular complexity index is 853. The first kappa shape index (κ1) is 25.1. The Morgan fingerprint density at radius 2 is 1.66 bits per heavy atom. The molecule has 0 aromatic heterocycles. The summed E-state index contributed by atoms with van der Waals surface area (Å²) in [5.74, 6) is -1.58. The van der Waals surface area contributed by atoms with E-state index in [2.05, 4.69) is 17.6 Å². The van der Waals surface area contributed by atoms with Crippen molar-refractivity contribution in [1.29, 1.82) is 0 Å². The summed E-state index contributed by atoms with van der Waals surface area (Å²) in [7, 11) is 0. The van der Waals surface area contributed by atoms with Crippen LogP contribution in [-0.2, 0) is 27.4 Å². The van der Waals surface area contributed by atoms with Crippen LogP contribution in [0.2, 0.25) is 0 Å². The van der Waals surface area contributed by atoms with E-state index in [1.807, 2.05) is 42.5 Å². The second-order valence-corrected chi connectivity index (χ2v) is 7.72. The number of aryl methyl sites for hydroxylation is 1. The third kappa shape index (κ3) is 9.31. The lowest BCUT2D eigenvalue weighted by molar-refractivity contribution is -0.127. The highest BCUT2D eigenvalue weighted by molar-refractivity contribution is 5.98. The van der Waals surface area contributed by atoms with Crippen LogP contribution in [0.4, 0.5) is 0 Å². The van der Waals surface area contributed by atoms with Crippen molar-refractivity contribution in [3.05, 3.63) is 71.3 Å². The van der Waals surface area contributed by atoms with Crippen LogP contribution < -0.4 is 16.4 Å². The van der Waals surface area contributed by atoms with Crippen LogP contribution in [0.1, 0.15) is 54.1 Å². The molecule has 0 spiro atoms. The number of nitrogens with two attached hydrogens (primary N) is 1. The number of nitrogens with one attached hydrogen (secondary N) is 2. The zero-order valence-corrected chi connectivity index (χ0v) is 18.6. The monoisotopic (exact) mass is 439 g/mol. The van der Waals surface area contributed by atoms with Crippen molar-refractivity contribution in [3.63, 3.8) is 0 Å². The molecule has 0 heterocycles. The number of primary amides is 1. The minimum absolute atomic E-state index is 0.0409. The predicted octanol–water partition coefficient (Wildman–Crippen LogP) is 2.73. The van der Waals surface area contributed by atoms with Gasteiger partial charge in [-0.05, 0) is 36.1 Å². The lowest BCUT2D eigenvalue weighted by Gasteiger charge is -2.18. The van der Waals surface area contributed by atoms with Gasteiger partial charge in [0.25, 0.3) is 5.91 Å². The SMILES string of the molecule is CCCCCCc1ccc(C(=O)NC(COCc2ccccc2)C(=O)NCC(N)=O)cc1. The van der Waals surface area contributed by atoms with Crippen molar-refractivity contribution in [1.82, 2.24) is 10.6 Å². The minimum atomic E-state index is -0.959. The molecule has 172 valence electrons. The predicted molar refractivity (Wildman–Crippen MR) is 124 cm³/mol. The maximum Gasteiger partial charge on any atom is 0.251 e. The fraction of sp³-hybridized carbons (Fsp3) is 0.400. The molecular weight excluding hydrogens is 406 g/mol. The summed E-state index contributed by atoms with van der Waals surface area (Å²) in [4.78, 5) is 36.2. The zero-order valence-electron chi connectivity index (χ0n) is 18.6. The van der Waals surface area contributed by atoms with Crippen molar-refractivity contribution in [2.45, 2.75) is 51.7 Å². The van der Waals surface area contributed by atoms with Crippen LogP contribution in [0.25, 0.3) is 0 Å². The van der Waals surface area contributed by atoms with Gasteiger partial charge in [-0.15, -0.1) is 0 Å². The molecule has 3 amide bonds. The summed E-state index contributed by atoms with van der Waals surface area (Å²) in [6.07, 6.45) is 5.73. The Labute approximate surface area is 189 Å². The number of unbranched alkanes of at least 4 members (excludes halogenated alkanes) is 3. The minimum Gasteiger partial charge on any atom is -0.374 e. The van der Waals surface area contributed by atoms with Gasteiger partial charge in [0.2, 0.25) is 11.8 Å². The number of carbonyl (C=O) groups excluding carboxylic acids is 3. The van der Waals surface area contributed by atoms with Crippen molar-refractivity contribution < 1.29 is 19.1 Å². The van der Waals surface area contributed by atoms with Gasteiger partial charge in [-0.3, -0.25) is 14.4 Å². The number of ether oxygens (including phenoxy) is 1. The molecule has 0 saturated heterocycles. The van der Waals surface area contributed by atoms with E-state index in [1.165, 1.54) is 24.8 Å². The molecular formula is C25H33N3O4. The summed E-state index contributed by atoms with van der Waals surface area (Å²) >= 11 is 0. The molecule has 0 aliphatic carbocycles. The molecule has 0 aliphatic heterocycles. The molecule has 0 radical (unpaired) electrons. The molecule has 0 bridgehead atoms. The number of carbonyl (C=O) groups is 3. The van der Waals surface area contributed by atoms with E-state index in [0.29, 0.717) is 12.2 Å². The molecule has 2 aromatic carbocycles. The first-order valence-corrected chi connectivity index (χ1v) is 11.1. The van der Waals surface area contributed by atoms with Gasteiger partial charge >= 0.3 is 0 Å². The van der Waals surface area contributed by atoms with Crippen LogP contribution in [0.3, 0.4) is 0 Å². The van der Waals surface area contributed by atoms with E-state index < -0.39 is 17.9 Å². The van der Waals surface area contributed by atoms with Crippen LogP contribution in [0.5, 0.6) is 0 Å². The Hall–Kier alpha value is -3.19. The second kappa shape index (κ2) is 14.0. The number of amides is 3. The Kier molecular flexibility index (Phi) is 11.0. The molecule has 2 rings (SSSR count). The fourth-order valence-corrected chi connectivity index (χ4v) is 3.17. The van der Waals surface area contributed by atoms with E-state index in [4.69, 9.17) is 10.5 Å². The van der Waals surface area contributed by atoms with E-state index in [0.717, 1.165) is 18.4 Å². The molecule has 1 unspecified atom stereocenters. The topological polar surface area (TPSA) is 111 Å². The van der Waals surface area contributed by atoms with Gasteiger partial charge in [-0.2, -0.15) is 0 Å². The highest BCUT2D eigenvalue weighted by Gasteiger charge is 2.22. The molecule has 32 heavy (non-hydrogen) atoms. The van der Waals surface area contributed by atoms with Crippen molar-refractivity contribution >= 4 is 17.7 Å². The Balaban J connectivity index is 1.94. The molecule has 0 aliphatic rings. The highest BCUT2D eigenvalue weighted by atomic mass is 16.5. The maximum absolute atomic E-state index is 12.7. The van der Waals surface area contributed by atoms with Gasteiger partial charge in [-0.1, -0.05) is 68.7 Å². The highest BCUT2D eigenvalue weighted by Crippen LogP contribution is 2.10. The lowest BCUT2D eigenvalue weighted by atomic mass is 10.0. The standard InChI is InChI=1S/C25H33N3O4/c1-2-3-4-6-9-19-12-14-21(15-13-19)24(30)28-22(25(31)27-16-23(26)29)18-32-17-20-10-7-5-8-11-20/h5,7-8,10-15,22H,2-4,6,9,16-18H2,1H3,(H2,26,29)(H,27,31)(H,28,30). The molecule has 7 heteroatoms. The Morgan fingerprint density at radius 1 is 0.938 bits per heavy atom. The zero-order chi connectivity index (χ0) is 23.2. The molecule has 0 saturated carbocycles. The van der Waals surface area contributed by atoms with E-state index in [1.54, 1.807) is 12.1 Å². The third-order valence-electron chi connectivity index (χ3n) is 4.99. The van der Waals surface area contributed by atoms with Gasteiger partial charge in [0.15, 0.2) is 0 Å². The summed E-state index contributed by atoms with van der Waals surface area (Å²) < 4.78 is 5.64. The fourth-order valence-electron chi connectivity index (χ4n) is 3.17. The average Bonchev–Trinajstić information content (AvgIpc) is 2.80. The van der Waals surface area contributed by atoms with Gasteiger partial charge in [0.1, 0.15) is 6.04 Å². The summed E-state index contributed by atoms with van der Waals surface area (Å²) in [6, 6.07) is 15.9. The van der Waals surface area contributed by atoms with Crippen molar-refractivity contribution in [2.75, 3.05) is 13.2 Å². The molecule has 0 fully saturated rings. The first-order valence-electron chi connectivity index (χ1n) is 11.1. The normalized spacial score (nSPS) is 11.5. The van der Waals surface area contributed by atoms with E-state index in [9.17, 15) is 14.4 Å². The smallest absolute Gasteiger partial charge is 0.251 e. The molecule has 4 N–H and O–H groups in total. The largest absolute Gasteiger partial charge is 0.374 e. The molecule has 7 nitrogen and oxygen atoms in total. The van der Waals surface area contributed by atoms with E-state index >= 15 is 0 Å². The number of hydrogen-bond donors (Lipinski definition) is 3. The first-order chi connectivity index (χ1) is 15.5. The van der Waals surface area contributed by atoms with Crippen LogP contribution in [0, 0.1) is 0 Å². The lowest BCUT2D eigenvalue weighted by Crippen LogP contribution is -2.50. The number of hydrogen-bond acceptors (Lipinski definition) is 4. The van der Waals surface area contributed by atoms with Gasteiger partial charge in [0.05, 0.1) is 19.8 Å². The number of benzene rings is 2. The molecule has 1 atom stereocenters. The van der Waals surface area contributed by atoms with Crippen LogP contribution in [-0.4, -0.2) is 36.9 Å².